The van der Waals surface area contributed by atoms with Crippen molar-refractivity contribution in [2.75, 3.05) is 26.5 Å². The number of carbonyl (C=O) groups is 2. The largest absolute Gasteiger partial charge is 0.496 e. The number of benzene rings is 2. The Kier molecular flexibility index (Phi) is 6.42. The Balaban J connectivity index is 1.57. The highest BCUT2D eigenvalue weighted by Crippen LogP contribution is 2.36. The summed E-state index contributed by atoms with van der Waals surface area (Å²) in [5.41, 5.74) is 5.15. The average Bonchev–Trinajstić information content (AvgIpc) is 3.49. The van der Waals surface area contributed by atoms with E-state index in [0.29, 0.717) is 22.9 Å². The summed E-state index contributed by atoms with van der Waals surface area (Å²) in [5, 5.41) is 3.74. The minimum Gasteiger partial charge on any atom is -0.496 e. The number of pyridine rings is 1. The summed E-state index contributed by atoms with van der Waals surface area (Å²) in [6.45, 7) is 3.35. The summed E-state index contributed by atoms with van der Waals surface area (Å²) >= 11 is 0. The van der Waals surface area contributed by atoms with E-state index in [0.717, 1.165) is 39.0 Å². The summed E-state index contributed by atoms with van der Waals surface area (Å²) in [6.07, 6.45) is 3.66. The second kappa shape index (κ2) is 9.85. The number of anilines is 1. The Bertz CT molecular complexity index is 1680. The number of H-pyrrole nitrogens is 1. The van der Waals surface area contributed by atoms with Gasteiger partial charge < -0.3 is 24.4 Å². The zero-order chi connectivity index (χ0) is 27.0. The monoisotopic (exact) mass is 509 g/mol. The van der Waals surface area contributed by atoms with Crippen molar-refractivity contribution in [2.45, 2.75) is 13.8 Å². The van der Waals surface area contributed by atoms with E-state index in [-0.39, 0.29) is 11.6 Å². The SMILES string of the molecule is COc1ccccc1-c1c[nH]c2ncc(-c3ccc(NC(=O)c4nc(C)oc4C)c(C(=O)N(C)C)c3)cc12. The van der Waals surface area contributed by atoms with Gasteiger partial charge >= 0.3 is 0 Å². The highest BCUT2D eigenvalue weighted by molar-refractivity contribution is 6.09. The summed E-state index contributed by atoms with van der Waals surface area (Å²) in [5.74, 6) is 0.870. The molecule has 0 unspecified atom stereocenters. The Morgan fingerprint density at radius 3 is 2.53 bits per heavy atom. The normalized spacial score (nSPS) is 11.0. The van der Waals surface area contributed by atoms with E-state index < -0.39 is 5.91 Å². The lowest BCUT2D eigenvalue weighted by Crippen LogP contribution is -2.24. The van der Waals surface area contributed by atoms with Crippen LogP contribution in [0.25, 0.3) is 33.3 Å². The smallest absolute Gasteiger partial charge is 0.277 e. The molecular formula is C29H27N5O4. The van der Waals surface area contributed by atoms with Crippen molar-refractivity contribution >= 4 is 28.5 Å². The van der Waals surface area contributed by atoms with Crippen LogP contribution in [-0.4, -0.2) is 52.9 Å². The summed E-state index contributed by atoms with van der Waals surface area (Å²) in [4.78, 5) is 39.5. The highest BCUT2D eigenvalue weighted by atomic mass is 16.5. The minimum atomic E-state index is -0.447. The molecule has 0 aliphatic carbocycles. The number of oxazole rings is 1. The third kappa shape index (κ3) is 4.50. The quantitative estimate of drug-likeness (QED) is 0.314. The fourth-order valence-electron chi connectivity index (χ4n) is 4.42. The second-order valence-corrected chi connectivity index (χ2v) is 9.07. The van der Waals surface area contributed by atoms with E-state index in [4.69, 9.17) is 9.15 Å². The summed E-state index contributed by atoms with van der Waals surface area (Å²) < 4.78 is 10.9. The first kappa shape index (κ1) is 24.8. The van der Waals surface area contributed by atoms with Crippen LogP contribution >= 0.6 is 0 Å². The third-order valence-corrected chi connectivity index (χ3v) is 6.28. The van der Waals surface area contributed by atoms with Crippen LogP contribution in [-0.2, 0) is 0 Å². The maximum absolute atomic E-state index is 13.1. The lowest BCUT2D eigenvalue weighted by atomic mass is 9.99. The van der Waals surface area contributed by atoms with E-state index in [1.807, 2.05) is 42.6 Å². The molecule has 0 bridgehead atoms. The van der Waals surface area contributed by atoms with E-state index >= 15 is 0 Å². The number of fused-ring (bicyclic) bond motifs is 1. The van der Waals surface area contributed by atoms with Gasteiger partial charge in [0.1, 0.15) is 17.2 Å². The average molecular weight is 510 g/mol. The van der Waals surface area contributed by atoms with Crippen molar-refractivity contribution in [3.05, 3.63) is 83.8 Å². The van der Waals surface area contributed by atoms with Crippen molar-refractivity contribution in [3.8, 4) is 28.0 Å². The third-order valence-electron chi connectivity index (χ3n) is 6.28. The Morgan fingerprint density at radius 2 is 1.82 bits per heavy atom. The molecule has 5 aromatic rings. The number of ether oxygens (including phenoxy) is 1. The molecule has 2 aromatic carbocycles. The first-order valence-electron chi connectivity index (χ1n) is 12.0. The minimum absolute atomic E-state index is 0.181. The van der Waals surface area contributed by atoms with E-state index in [9.17, 15) is 9.59 Å². The van der Waals surface area contributed by atoms with Crippen LogP contribution in [0.5, 0.6) is 5.75 Å². The Hall–Kier alpha value is -4.92. The number of hydrogen-bond donors (Lipinski definition) is 2. The lowest BCUT2D eigenvalue weighted by Gasteiger charge is -2.16. The van der Waals surface area contributed by atoms with Gasteiger partial charge in [-0.05, 0) is 36.8 Å². The fraction of sp³-hybridized carbons (Fsp3) is 0.172. The number of aryl methyl sites for hydroxylation is 2. The standard InChI is InChI=1S/C29H27N5O4/c1-16-26(32-17(2)38-16)28(35)33-24-11-10-18(12-22(24)29(36)34(3)4)19-13-21-23(15-31-27(21)30-14-19)20-8-6-7-9-25(20)37-5/h6-15H,1-5H3,(H,30,31)(H,33,35). The van der Waals surface area contributed by atoms with Crippen LogP contribution in [0.4, 0.5) is 5.69 Å². The number of rotatable bonds is 6. The molecule has 0 saturated carbocycles. The number of hydrogen-bond acceptors (Lipinski definition) is 6. The number of para-hydroxylation sites is 1. The molecule has 0 atom stereocenters. The maximum Gasteiger partial charge on any atom is 0.277 e. The molecule has 192 valence electrons. The van der Waals surface area contributed by atoms with Crippen molar-refractivity contribution in [1.82, 2.24) is 19.9 Å². The van der Waals surface area contributed by atoms with Crippen LogP contribution in [0, 0.1) is 13.8 Å². The van der Waals surface area contributed by atoms with Gasteiger partial charge in [0.05, 0.1) is 18.4 Å². The number of carbonyl (C=O) groups excluding carboxylic acids is 2. The molecule has 3 aromatic heterocycles. The van der Waals surface area contributed by atoms with Gasteiger partial charge in [0.15, 0.2) is 11.6 Å². The topological polar surface area (TPSA) is 113 Å². The van der Waals surface area contributed by atoms with Gasteiger partial charge in [0.2, 0.25) is 0 Å². The van der Waals surface area contributed by atoms with Gasteiger partial charge in [-0.1, -0.05) is 24.3 Å². The molecule has 0 spiro atoms. The van der Waals surface area contributed by atoms with Gasteiger partial charge in [0, 0.05) is 55.5 Å². The molecule has 9 nitrogen and oxygen atoms in total. The van der Waals surface area contributed by atoms with E-state index in [1.54, 1.807) is 53.4 Å². The first-order valence-corrected chi connectivity index (χ1v) is 12.0. The lowest BCUT2D eigenvalue weighted by molar-refractivity contribution is 0.0828. The maximum atomic E-state index is 13.1. The van der Waals surface area contributed by atoms with Crippen LogP contribution in [0.3, 0.4) is 0 Å². The van der Waals surface area contributed by atoms with Crippen LogP contribution in [0.1, 0.15) is 32.5 Å². The molecule has 0 aliphatic heterocycles. The molecule has 9 heteroatoms. The Morgan fingerprint density at radius 1 is 1.03 bits per heavy atom. The van der Waals surface area contributed by atoms with Gasteiger partial charge in [-0.3, -0.25) is 9.59 Å². The van der Waals surface area contributed by atoms with E-state index in [2.05, 4.69) is 20.3 Å². The van der Waals surface area contributed by atoms with Gasteiger partial charge in [0.25, 0.3) is 11.8 Å². The molecule has 0 radical (unpaired) electrons. The number of aromatic nitrogens is 3. The highest BCUT2D eigenvalue weighted by Gasteiger charge is 2.21. The molecular weight excluding hydrogens is 482 g/mol. The van der Waals surface area contributed by atoms with Crippen LogP contribution in [0.2, 0.25) is 0 Å². The van der Waals surface area contributed by atoms with E-state index in [1.165, 1.54) is 4.90 Å². The molecule has 0 saturated heterocycles. The Labute approximate surface area is 219 Å². The van der Waals surface area contributed by atoms with Crippen molar-refractivity contribution < 1.29 is 18.7 Å². The number of aromatic amines is 1. The first-order chi connectivity index (χ1) is 18.3. The second-order valence-electron chi connectivity index (χ2n) is 9.07. The fourth-order valence-corrected chi connectivity index (χ4v) is 4.42. The van der Waals surface area contributed by atoms with Crippen molar-refractivity contribution in [3.63, 3.8) is 0 Å². The van der Waals surface area contributed by atoms with Gasteiger partial charge in [-0.25, -0.2) is 9.97 Å². The zero-order valence-electron chi connectivity index (χ0n) is 21.7. The number of nitrogens with zero attached hydrogens (tertiary/aromatic N) is 3. The summed E-state index contributed by atoms with van der Waals surface area (Å²) in [6, 6.07) is 15.2. The molecule has 38 heavy (non-hydrogen) atoms. The molecule has 5 rings (SSSR count). The molecule has 3 heterocycles. The molecule has 2 amide bonds. The van der Waals surface area contributed by atoms with Gasteiger partial charge in [-0.15, -0.1) is 0 Å². The molecule has 2 N–H and O–H groups in total. The van der Waals surface area contributed by atoms with Crippen LogP contribution in [0.15, 0.2) is 65.3 Å². The zero-order valence-corrected chi connectivity index (χ0v) is 21.7. The van der Waals surface area contributed by atoms with Gasteiger partial charge in [-0.2, -0.15) is 0 Å². The molecule has 0 aliphatic rings. The van der Waals surface area contributed by atoms with Crippen molar-refractivity contribution in [2.24, 2.45) is 0 Å². The number of nitrogens with one attached hydrogen (secondary N) is 2. The number of methoxy groups -OCH3 is 1. The molecule has 0 fully saturated rings. The predicted octanol–water partition coefficient (Wildman–Crippen LogP) is 5.46. The van der Waals surface area contributed by atoms with Crippen LogP contribution < -0.4 is 10.1 Å². The predicted molar refractivity (Wildman–Crippen MR) is 145 cm³/mol. The van der Waals surface area contributed by atoms with Crippen molar-refractivity contribution in [1.29, 1.82) is 0 Å². The summed E-state index contributed by atoms with van der Waals surface area (Å²) in [7, 11) is 4.98. The number of amides is 2.